The fourth-order valence-corrected chi connectivity index (χ4v) is 2.90. The van der Waals surface area contributed by atoms with E-state index in [1.807, 2.05) is 0 Å². The van der Waals surface area contributed by atoms with Crippen LogP contribution in [0.25, 0.3) is 0 Å². The van der Waals surface area contributed by atoms with Gasteiger partial charge in [0.25, 0.3) is 0 Å². The summed E-state index contributed by atoms with van der Waals surface area (Å²) in [5.41, 5.74) is 4.08. The molecule has 0 fully saturated rings. The Hall–Kier alpha value is -1.95. The van der Waals surface area contributed by atoms with Crippen molar-refractivity contribution in [1.82, 2.24) is 25.5 Å². The van der Waals surface area contributed by atoms with Crippen molar-refractivity contribution in [3.05, 3.63) is 35.2 Å². The molecule has 0 radical (unpaired) electrons. The van der Waals surface area contributed by atoms with Crippen molar-refractivity contribution >= 4 is 5.69 Å². The monoisotopic (exact) mass is 286 g/mol. The number of aryl methyl sites for hydroxylation is 1. The van der Waals surface area contributed by atoms with E-state index in [2.05, 4.69) is 57.7 Å². The normalized spacial score (nSPS) is 15.3. The average molecular weight is 286 g/mol. The number of aromatic nitrogens is 4. The maximum absolute atomic E-state index is 4.26. The van der Waals surface area contributed by atoms with Gasteiger partial charge in [0, 0.05) is 18.3 Å². The van der Waals surface area contributed by atoms with Crippen molar-refractivity contribution in [2.24, 2.45) is 7.05 Å². The molecule has 6 heteroatoms. The van der Waals surface area contributed by atoms with Crippen LogP contribution in [0, 0.1) is 0 Å². The third-order valence-corrected chi connectivity index (χ3v) is 3.99. The Morgan fingerprint density at radius 1 is 1.38 bits per heavy atom. The number of nitrogens with one attached hydrogen (secondary N) is 1. The molecule has 0 saturated heterocycles. The van der Waals surface area contributed by atoms with Crippen LogP contribution in [0.1, 0.15) is 36.8 Å². The molecule has 1 unspecified atom stereocenters. The molecule has 112 valence electrons. The number of fused-ring (bicyclic) bond motifs is 1. The summed E-state index contributed by atoms with van der Waals surface area (Å²) in [6.07, 6.45) is 1.09. The molecule has 21 heavy (non-hydrogen) atoms. The second kappa shape index (κ2) is 5.81. The van der Waals surface area contributed by atoms with Gasteiger partial charge in [-0.2, -0.15) is 4.80 Å². The third-order valence-electron chi connectivity index (χ3n) is 3.99. The van der Waals surface area contributed by atoms with Crippen molar-refractivity contribution in [2.45, 2.75) is 32.9 Å². The molecule has 3 rings (SSSR count). The van der Waals surface area contributed by atoms with Crippen molar-refractivity contribution in [1.29, 1.82) is 0 Å². The molecule has 0 bridgehead atoms. The van der Waals surface area contributed by atoms with Crippen LogP contribution < -0.4 is 10.2 Å². The summed E-state index contributed by atoms with van der Waals surface area (Å²) in [6, 6.07) is 7.17. The number of nitrogens with zero attached hydrogens (tertiary/aromatic N) is 5. The van der Waals surface area contributed by atoms with Gasteiger partial charge in [0.1, 0.15) is 0 Å². The summed E-state index contributed by atoms with van der Waals surface area (Å²) in [4.78, 5) is 3.83. The Bertz CT molecular complexity index is 620. The predicted molar refractivity (Wildman–Crippen MR) is 82.1 cm³/mol. The van der Waals surface area contributed by atoms with E-state index in [1.54, 1.807) is 7.05 Å². The number of tetrazole rings is 1. The van der Waals surface area contributed by atoms with Gasteiger partial charge in [-0.1, -0.05) is 19.1 Å². The van der Waals surface area contributed by atoms with Crippen molar-refractivity contribution < 1.29 is 0 Å². The van der Waals surface area contributed by atoms with Gasteiger partial charge in [-0.05, 0) is 42.3 Å². The zero-order valence-corrected chi connectivity index (χ0v) is 12.9. The van der Waals surface area contributed by atoms with Crippen LogP contribution >= 0.6 is 0 Å². The Morgan fingerprint density at radius 3 is 2.95 bits per heavy atom. The predicted octanol–water partition coefficient (Wildman–Crippen LogP) is 1.44. The molecule has 1 aliphatic rings. The molecule has 6 nitrogen and oxygen atoms in total. The minimum atomic E-state index is 0.399. The second-order valence-electron chi connectivity index (χ2n) is 5.53. The summed E-state index contributed by atoms with van der Waals surface area (Å²) in [6.45, 7) is 7.08. The topological polar surface area (TPSA) is 58.9 Å². The molecule has 1 N–H and O–H groups in total. The van der Waals surface area contributed by atoms with Crippen LogP contribution in [0.5, 0.6) is 0 Å². The van der Waals surface area contributed by atoms with Gasteiger partial charge in [-0.25, -0.2) is 0 Å². The van der Waals surface area contributed by atoms with Crippen LogP contribution in [0.4, 0.5) is 5.69 Å². The first-order chi connectivity index (χ1) is 10.2. The molecule has 2 aromatic rings. The van der Waals surface area contributed by atoms with E-state index in [0.717, 1.165) is 31.9 Å². The van der Waals surface area contributed by atoms with E-state index >= 15 is 0 Å². The van der Waals surface area contributed by atoms with Gasteiger partial charge in [0.2, 0.25) is 0 Å². The summed E-state index contributed by atoms with van der Waals surface area (Å²) in [5.74, 6) is 0.774. The molecular formula is C15H22N6. The zero-order chi connectivity index (χ0) is 14.8. The maximum Gasteiger partial charge on any atom is 0.193 e. The Kier molecular flexibility index (Phi) is 3.88. The van der Waals surface area contributed by atoms with E-state index in [1.165, 1.54) is 21.6 Å². The highest BCUT2D eigenvalue weighted by Gasteiger charge is 2.21. The molecule has 0 aliphatic carbocycles. The van der Waals surface area contributed by atoms with Gasteiger partial charge in [-0.3, -0.25) is 0 Å². The standard InChI is InChI=1S/C15H22N6/c1-4-16-11(2)12-5-6-14-13(9-12)7-8-21(14)10-15-17-19-20(3)18-15/h5-6,9,11,16H,4,7-8,10H2,1-3H3. The second-order valence-corrected chi connectivity index (χ2v) is 5.53. The first kappa shape index (κ1) is 14.0. The minimum Gasteiger partial charge on any atom is -0.363 e. The van der Waals surface area contributed by atoms with Gasteiger partial charge < -0.3 is 10.2 Å². The minimum absolute atomic E-state index is 0.399. The smallest absolute Gasteiger partial charge is 0.193 e. The maximum atomic E-state index is 4.26. The highest BCUT2D eigenvalue weighted by molar-refractivity contribution is 5.59. The Balaban J connectivity index is 1.76. The molecule has 1 aromatic carbocycles. The average Bonchev–Trinajstić information content (AvgIpc) is 3.06. The van der Waals surface area contributed by atoms with Crippen LogP contribution in [0.15, 0.2) is 18.2 Å². The fourth-order valence-electron chi connectivity index (χ4n) is 2.90. The quantitative estimate of drug-likeness (QED) is 0.901. The molecule has 0 spiro atoms. The summed E-state index contributed by atoms with van der Waals surface area (Å²) < 4.78 is 0. The molecular weight excluding hydrogens is 264 g/mol. The van der Waals surface area contributed by atoms with Gasteiger partial charge in [0.15, 0.2) is 5.82 Å². The lowest BCUT2D eigenvalue weighted by molar-refractivity contribution is 0.598. The summed E-state index contributed by atoms with van der Waals surface area (Å²) in [5, 5.41) is 15.7. The first-order valence-electron chi connectivity index (χ1n) is 7.51. The van der Waals surface area contributed by atoms with Crippen LogP contribution in [0.3, 0.4) is 0 Å². The highest BCUT2D eigenvalue weighted by atomic mass is 15.6. The number of benzene rings is 1. The lowest BCUT2D eigenvalue weighted by atomic mass is 10.0. The Morgan fingerprint density at radius 2 is 2.24 bits per heavy atom. The Labute approximate surface area is 125 Å². The number of hydrogen-bond donors (Lipinski definition) is 1. The number of anilines is 1. The van der Waals surface area contributed by atoms with Crippen molar-refractivity contribution in [2.75, 3.05) is 18.0 Å². The largest absolute Gasteiger partial charge is 0.363 e. The van der Waals surface area contributed by atoms with Crippen molar-refractivity contribution in [3.63, 3.8) is 0 Å². The molecule has 0 saturated carbocycles. The molecule has 2 heterocycles. The molecule has 1 aliphatic heterocycles. The van der Waals surface area contributed by atoms with Gasteiger partial charge >= 0.3 is 0 Å². The van der Waals surface area contributed by atoms with Crippen LogP contribution in [-0.4, -0.2) is 33.3 Å². The van der Waals surface area contributed by atoms with E-state index in [-0.39, 0.29) is 0 Å². The van der Waals surface area contributed by atoms with Crippen molar-refractivity contribution in [3.8, 4) is 0 Å². The van der Waals surface area contributed by atoms with Gasteiger partial charge in [0.05, 0.1) is 13.6 Å². The molecule has 0 amide bonds. The number of rotatable bonds is 5. The third kappa shape index (κ3) is 2.90. The van der Waals surface area contributed by atoms with E-state index in [0.29, 0.717) is 6.04 Å². The van der Waals surface area contributed by atoms with Crippen LogP contribution in [-0.2, 0) is 20.0 Å². The lowest BCUT2D eigenvalue weighted by Crippen LogP contribution is -2.21. The molecule has 1 atom stereocenters. The van der Waals surface area contributed by atoms with Gasteiger partial charge in [-0.15, -0.1) is 10.2 Å². The van der Waals surface area contributed by atoms with E-state index in [9.17, 15) is 0 Å². The zero-order valence-electron chi connectivity index (χ0n) is 12.9. The number of hydrogen-bond acceptors (Lipinski definition) is 5. The first-order valence-corrected chi connectivity index (χ1v) is 7.51. The summed E-state index contributed by atoms with van der Waals surface area (Å²) >= 11 is 0. The van der Waals surface area contributed by atoms with E-state index in [4.69, 9.17) is 0 Å². The fraction of sp³-hybridized carbons (Fsp3) is 0.533. The summed E-state index contributed by atoms with van der Waals surface area (Å²) in [7, 11) is 1.79. The molecule has 1 aromatic heterocycles. The SMILES string of the molecule is CCNC(C)c1ccc2c(c1)CCN2Cc1nnn(C)n1. The lowest BCUT2D eigenvalue weighted by Gasteiger charge is -2.18. The van der Waals surface area contributed by atoms with Crippen LogP contribution in [0.2, 0.25) is 0 Å². The highest BCUT2D eigenvalue weighted by Crippen LogP contribution is 2.31. The van der Waals surface area contributed by atoms with E-state index < -0.39 is 0 Å².